The van der Waals surface area contributed by atoms with Crippen LogP contribution in [-0.4, -0.2) is 20.3 Å². The topological polar surface area (TPSA) is 77.9 Å². The van der Waals surface area contributed by atoms with E-state index >= 15 is 0 Å². The summed E-state index contributed by atoms with van der Waals surface area (Å²) < 4.78 is 4.29. The number of fused-ring (bicyclic) bond motifs is 2. The summed E-state index contributed by atoms with van der Waals surface area (Å²) in [5.74, 6) is -0.306. The molecular weight excluding hydrogens is 302 g/mol. The summed E-state index contributed by atoms with van der Waals surface area (Å²) in [4.78, 5) is 11.7. The minimum absolute atomic E-state index is 0.306. The summed E-state index contributed by atoms with van der Waals surface area (Å²) in [5.41, 5.74) is 11.2. The van der Waals surface area contributed by atoms with Crippen LogP contribution in [0.1, 0.15) is 64.7 Å². The maximum atomic E-state index is 11.7. The summed E-state index contributed by atoms with van der Waals surface area (Å²) in [5, 5.41) is 8.09. The summed E-state index contributed by atoms with van der Waals surface area (Å²) in [6, 6.07) is 2.33. The van der Waals surface area contributed by atoms with Crippen LogP contribution < -0.4 is 11.1 Å². The Kier molecular flexibility index (Phi) is 3.92. The number of rotatable bonds is 4. The number of nitrogens with zero attached hydrogens (tertiary/aromatic N) is 3. The van der Waals surface area contributed by atoms with Crippen molar-refractivity contribution in [3.63, 3.8) is 0 Å². The van der Waals surface area contributed by atoms with Gasteiger partial charge in [-0.25, -0.2) is 0 Å². The molecule has 128 valence electrons. The van der Waals surface area contributed by atoms with Crippen LogP contribution in [0, 0.1) is 0 Å². The SMILES string of the molecule is Cn1ncc2c1CCCC2NCc1cc(C(N)=O)c2n1CCCC2. The van der Waals surface area contributed by atoms with Gasteiger partial charge in [0.25, 0.3) is 5.91 Å². The number of carbonyl (C=O) groups is 1. The van der Waals surface area contributed by atoms with Crippen molar-refractivity contribution in [3.05, 3.63) is 40.5 Å². The van der Waals surface area contributed by atoms with E-state index in [0.29, 0.717) is 11.6 Å². The van der Waals surface area contributed by atoms with Crippen LogP contribution in [0.3, 0.4) is 0 Å². The quantitative estimate of drug-likeness (QED) is 0.899. The second-order valence-electron chi connectivity index (χ2n) is 6.96. The minimum atomic E-state index is -0.306. The van der Waals surface area contributed by atoms with E-state index in [1.54, 1.807) is 0 Å². The Morgan fingerprint density at radius 3 is 3.00 bits per heavy atom. The molecule has 6 nitrogen and oxygen atoms in total. The second kappa shape index (κ2) is 6.09. The van der Waals surface area contributed by atoms with Gasteiger partial charge in [-0.2, -0.15) is 5.10 Å². The zero-order valence-electron chi connectivity index (χ0n) is 14.2. The first-order valence-corrected chi connectivity index (χ1v) is 8.90. The Balaban J connectivity index is 1.56. The number of nitrogens with one attached hydrogen (secondary N) is 1. The fraction of sp³-hybridized carbons (Fsp3) is 0.556. The van der Waals surface area contributed by atoms with Crippen molar-refractivity contribution >= 4 is 5.91 Å². The highest BCUT2D eigenvalue weighted by Gasteiger charge is 2.25. The maximum absolute atomic E-state index is 11.7. The molecule has 0 spiro atoms. The van der Waals surface area contributed by atoms with Gasteiger partial charge in [0, 0.05) is 48.8 Å². The lowest BCUT2D eigenvalue weighted by Crippen LogP contribution is -2.26. The molecule has 1 aliphatic carbocycles. The smallest absolute Gasteiger partial charge is 0.250 e. The number of carbonyl (C=O) groups excluding carboxylic acids is 1. The third-order valence-electron chi connectivity index (χ3n) is 5.51. The van der Waals surface area contributed by atoms with E-state index < -0.39 is 0 Å². The highest BCUT2D eigenvalue weighted by Crippen LogP contribution is 2.30. The fourth-order valence-electron chi connectivity index (χ4n) is 4.26. The van der Waals surface area contributed by atoms with Gasteiger partial charge in [0.15, 0.2) is 0 Å². The van der Waals surface area contributed by atoms with E-state index in [9.17, 15) is 4.79 Å². The third kappa shape index (κ3) is 2.55. The van der Waals surface area contributed by atoms with Crippen molar-refractivity contribution in [2.75, 3.05) is 0 Å². The van der Waals surface area contributed by atoms with Gasteiger partial charge in [0.05, 0.1) is 11.8 Å². The Morgan fingerprint density at radius 1 is 1.33 bits per heavy atom. The van der Waals surface area contributed by atoms with Crippen LogP contribution in [0.25, 0.3) is 0 Å². The second-order valence-corrected chi connectivity index (χ2v) is 6.96. The van der Waals surface area contributed by atoms with Crippen LogP contribution in [0.2, 0.25) is 0 Å². The number of primary amides is 1. The monoisotopic (exact) mass is 327 g/mol. The molecule has 0 bridgehead atoms. The van der Waals surface area contributed by atoms with E-state index in [4.69, 9.17) is 5.73 Å². The first-order chi connectivity index (χ1) is 11.6. The van der Waals surface area contributed by atoms with Gasteiger partial charge in [0.2, 0.25) is 0 Å². The largest absolute Gasteiger partial charge is 0.366 e. The molecule has 1 unspecified atom stereocenters. The maximum Gasteiger partial charge on any atom is 0.250 e. The van der Waals surface area contributed by atoms with E-state index in [2.05, 4.69) is 15.0 Å². The predicted molar refractivity (Wildman–Crippen MR) is 91.6 cm³/mol. The van der Waals surface area contributed by atoms with Crippen molar-refractivity contribution in [3.8, 4) is 0 Å². The van der Waals surface area contributed by atoms with Gasteiger partial charge in [-0.15, -0.1) is 0 Å². The Hall–Kier alpha value is -2.08. The first kappa shape index (κ1) is 15.4. The lowest BCUT2D eigenvalue weighted by molar-refractivity contribution is 0.0999. The molecule has 3 N–H and O–H groups in total. The van der Waals surface area contributed by atoms with Gasteiger partial charge in [-0.3, -0.25) is 9.48 Å². The first-order valence-electron chi connectivity index (χ1n) is 8.90. The minimum Gasteiger partial charge on any atom is -0.366 e. The molecule has 6 heteroatoms. The molecule has 1 atom stereocenters. The zero-order valence-corrected chi connectivity index (χ0v) is 14.2. The standard InChI is InChI=1S/C18H25N5O/c1-22-16-7-4-5-15(14(16)11-21-22)20-10-12-9-13(18(19)24)17-6-2-3-8-23(12)17/h9,11,15,20H,2-8,10H2,1H3,(H2,19,24). The molecular formula is C18H25N5O. The van der Waals surface area contributed by atoms with E-state index in [-0.39, 0.29) is 5.91 Å². The molecule has 0 aromatic carbocycles. The van der Waals surface area contributed by atoms with Crippen molar-refractivity contribution in [2.24, 2.45) is 12.8 Å². The van der Waals surface area contributed by atoms with Gasteiger partial charge in [-0.1, -0.05) is 0 Å². The number of nitrogens with two attached hydrogens (primary N) is 1. The van der Waals surface area contributed by atoms with Gasteiger partial charge in [0.1, 0.15) is 0 Å². The number of amides is 1. The molecule has 2 aliphatic rings. The highest BCUT2D eigenvalue weighted by atomic mass is 16.1. The summed E-state index contributed by atoms with van der Waals surface area (Å²) >= 11 is 0. The Morgan fingerprint density at radius 2 is 2.17 bits per heavy atom. The Labute approximate surface area is 142 Å². The van der Waals surface area contributed by atoms with Crippen LogP contribution in [0.5, 0.6) is 0 Å². The summed E-state index contributed by atoms with van der Waals surface area (Å²) in [6.07, 6.45) is 8.68. The number of aryl methyl sites for hydroxylation is 1. The van der Waals surface area contributed by atoms with Crippen molar-refractivity contribution in [1.82, 2.24) is 19.7 Å². The Bertz CT molecular complexity index is 773. The normalized spacial score (nSPS) is 19.8. The molecule has 1 amide bonds. The molecule has 4 rings (SSSR count). The predicted octanol–water partition coefficient (Wildman–Crippen LogP) is 1.82. The molecule has 0 radical (unpaired) electrons. The van der Waals surface area contributed by atoms with Crippen LogP contribution in [0.15, 0.2) is 12.3 Å². The van der Waals surface area contributed by atoms with Crippen LogP contribution >= 0.6 is 0 Å². The van der Waals surface area contributed by atoms with Gasteiger partial charge >= 0.3 is 0 Å². The number of aromatic nitrogens is 3. The van der Waals surface area contributed by atoms with Crippen molar-refractivity contribution in [2.45, 2.75) is 57.7 Å². The zero-order chi connectivity index (χ0) is 16.7. The molecule has 2 aromatic heterocycles. The molecule has 1 aliphatic heterocycles. The lowest BCUT2D eigenvalue weighted by atomic mass is 9.93. The van der Waals surface area contributed by atoms with Gasteiger partial charge in [-0.05, 0) is 44.6 Å². The van der Waals surface area contributed by atoms with Crippen LogP contribution in [0.4, 0.5) is 0 Å². The molecule has 2 aromatic rings. The lowest BCUT2D eigenvalue weighted by Gasteiger charge is -2.25. The molecule has 0 fully saturated rings. The number of hydrogen-bond donors (Lipinski definition) is 2. The molecule has 0 saturated carbocycles. The van der Waals surface area contributed by atoms with E-state index in [1.165, 1.54) is 29.8 Å². The highest BCUT2D eigenvalue weighted by molar-refractivity contribution is 5.94. The van der Waals surface area contributed by atoms with Gasteiger partial charge < -0.3 is 15.6 Å². The van der Waals surface area contributed by atoms with Crippen molar-refractivity contribution in [1.29, 1.82) is 0 Å². The van der Waals surface area contributed by atoms with Crippen LogP contribution in [-0.2, 0) is 33.0 Å². The number of hydrogen-bond acceptors (Lipinski definition) is 3. The third-order valence-corrected chi connectivity index (χ3v) is 5.51. The molecule has 0 saturated heterocycles. The average Bonchev–Trinajstić information content (AvgIpc) is 3.15. The van der Waals surface area contributed by atoms with Crippen molar-refractivity contribution < 1.29 is 4.79 Å². The van der Waals surface area contributed by atoms with E-state index in [1.807, 2.05) is 24.0 Å². The fourth-order valence-corrected chi connectivity index (χ4v) is 4.26. The average molecular weight is 327 g/mol. The van der Waals surface area contributed by atoms with E-state index in [0.717, 1.165) is 44.5 Å². The molecule has 3 heterocycles. The summed E-state index contributed by atoms with van der Waals surface area (Å²) in [7, 11) is 2.02. The molecule has 24 heavy (non-hydrogen) atoms. The summed E-state index contributed by atoms with van der Waals surface area (Å²) in [6.45, 7) is 1.75.